The van der Waals surface area contributed by atoms with Crippen LogP contribution in [0.3, 0.4) is 0 Å². The Morgan fingerprint density at radius 2 is 1.68 bits per heavy atom. The van der Waals surface area contributed by atoms with Crippen LogP contribution in [-0.2, 0) is 4.79 Å². The van der Waals surface area contributed by atoms with Crippen molar-refractivity contribution in [1.29, 1.82) is 0 Å². The summed E-state index contributed by atoms with van der Waals surface area (Å²) in [6.45, 7) is 2.20. The molecule has 1 rings (SSSR count). The second-order valence-corrected chi connectivity index (χ2v) is 7.48. The summed E-state index contributed by atoms with van der Waals surface area (Å²) in [6, 6.07) is 7.54. The van der Waals surface area contributed by atoms with Gasteiger partial charge in [0, 0.05) is 9.13 Å². The van der Waals surface area contributed by atoms with Crippen LogP contribution in [0.5, 0.6) is 0 Å². The molecule has 0 amide bonds. The summed E-state index contributed by atoms with van der Waals surface area (Å²) in [5, 5.41) is 0. The van der Waals surface area contributed by atoms with E-state index in [-0.39, 0.29) is 11.6 Å². The van der Waals surface area contributed by atoms with E-state index in [2.05, 4.69) is 52.1 Å². The van der Waals surface area contributed by atoms with Crippen molar-refractivity contribution >= 4 is 56.7 Å². The van der Waals surface area contributed by atoms with Gasteiger partial charge in [-0.25, -0.2) is 0 Å². The van der Waals surface area contributed by atoms with E-state index in [4.69, 9.17) is 0 Å². The molecule has 1 aromatic carbocycles. The third kappa shape index (κ3) is 6.64. The van der Waals surface area contributed by atoms with Crippen molar-refractivity contribution < 1.29 is 9.59 Å². The smallest absolute Gasteiger partial charge is 0.174 e. The Balaban J connectivity index is 2.63. The van der Waals surface area contributed by atoms with Crippen LogP contribution in [0.15, 0.2) is 24.3 Å². The predicted octanol–water partition coefficient (Wildman–Crippen LogP) is 5.84. The number of halogens is 2. The van der Waals surface area contributed by atoms with Gasteiger partial charge in [-0.05, 0) is 35.1 Å². The number of benzene rings is 1. The molecule has 0 aliphatic carbocycles. The third-order valence-corrected chi connectivity index (χ3v) is 5.52. The van der Waals surface area contributed by atoms with Crippen LogP contribution in [0.2, 0.25) is 0 Å². The minimum absolute atomic E-state index is 0.000208. The average Bonchev–Trinajstić information content (AvgIpc) is 2.53. The summed E-state index contributed by atoms with van der Waals surface area (Å²) in [4.78, 5) is 24.9. The topological polar surface area (TPSA) is 34.1 Å². The standard InChI is InChI=1S/C18H24I2O2/c1-2-3-4-5-6-7-11-15(17(21)13-19)18(22)14-10-8-9-12-16(14)20/h8-10,12,15H,2-7,11,13H2,1H3. The zero-order chi connectivity index (χ0) is 16.4. The highest BCUT2D eigenvalue weighted by molar-refractivity contribution is 14.1. The normalized spacial score (nSPS) is 12.1. The van der Waals surface area contributed by atoms with Gasteiger partial charge in [-0.3, -0.25) is 9.59 Å². The monoisotopic (exact) mass is 526 g/mol. The fraction of sp³-hybridized carbons (Fsp3) is 0.556. The zero-order valence-electron chi connectivity index (χ0n) is 13.1. The van der Waals surface area contributed by atoms with Crippen LogP contribution in [0.1, 0.15) is 62.2 Å². The van der Waals surface area contributed by atoms with Gasteiger partial charge in [-0.1, -0.05) is 86.2 Å². The maximum Gasteiger partial charge on any atom is 0.174 e. The first-order valence-electron chi connectivity index (χ1n) is 7.99. The molecule has 0 heterocycles. The van der Waals surface area contributed by atoms with Gasteiger partial charge in [0.25, 0.3) is 0 Å². The minimum Gasteiger partial charge on any atom is -0.298 e. The average molecular weight is 526 g/mol. The molecule has 0 aliphatic rings. The van der Waals surface area contributed by atoms with E-state index in [0.29, 0.717) is 16.4 Å². The van der Waals surface area contributed by atoms with Crippen LogP contribution in [0.25, 0.3) is 0 Å². The lowest BCUT2D eigenvalue weighted by Gasteiger charge is -2.14. The number of alkyl halides is 1. The van der Waals surface area contributed by atoms with Gasteiger partial charge in [0.1, 0.15) is 0 Å². The van der Waals surface area contributed by atoms with E-state index in [1.165, 1.54) is 25.7 Å². The number of Topliss-reactive ketones (excluding diaryl/α,β-unsaturated/α-hetero) is 2. The Bertz CT molecular complexity index is 486. The number of unbranched alkanes of at least 4 members (excludes halogenated alkanes) is 5. The van der Waals surface area contributed by atoms with Crippen LogP contribution in [0.4, 0.5) is 0 Å². The molecular weight excluding hydrogens is 502 g/mol. The lowest BCUT2D eigenvalue weighted by Crippen LogP contribution is -2.26. The number of carbonyl (C=O) groups is 2. The van der Waals surface area contributed by atoms with Crippen molar-refractivity contribution in [2.45, 2.75) is 51.9 Å². The van der Waals surface area contributed by atoms with Crippen molar-refractivity contribution in [3.05, 3.63) is 33.4 Å². The summed E-state index contributed by atoms with van der Waals surface area (Å²) in [5.41, 5.74) is 0.692. The first kappa shape index (κ1) is 20.1. The summed E-state index contributed by atoms with van der Waals surface area (Å²) in [6.07, 6.45) is 7.74. The molecule has 0 spiro atoms. The lowest BCUT2D eigenvalue weighted by atomic mass is 9.89. The lowest BCUT2D eigenvalue weighted by molar-refractivity contribution is -0.118. The SMILES string of the molecule is CCCCCCCCC(C(=O)CI)C(=O)c1ccccc1I. The van der Waals surface area contributed by atoms with E-state index in [0.717, 1.165) is 16.4 Å². The summed E-state index contributed by atoms with van der Waals surface area (Å²) >= 11 is 4.24. The molecule has 22 heavy (non-hydrogen) atoms. The quantitative estimate of drug-likeness (QED) is 0.119. The van der Waals surface area contributed by atoms with Crippen LogP contribution >= 0.6 is 45.2 Å². The van der Waals surface area contributed by atoms with E-state index >= 15 is 0 Å². The number of ketones is 2. The van der Waals surface area contributed by atoms with E-state index < -0.39 is 5.92 Å². The molecule has 0 saturated heterocycles. The Morgan fingerprint density at radius 1 is 1.05 bits per heavy atom. The molecule has 0 aromatic heterocycles. The Morgan fingerprint density at radius 3 is 2.32 bits per heavy atom. The van der Waals surface area contributed by atoms with E-state index in [1.807, 2.05) is 24.3 Å². The van der Waals surface area contributed by atoms with Crippen molar-refractivity contribution in [2.75, 3.05) is 4.43 Å². The molecule has 4 heteroatoms. The zero-order valence-corrected chi connectivity index (χ0v) is 17.4. The van der Waals surface area contributed by atoms with Gasteiger partial charge >= 0.3 is 0 Å². The molecular formula is C18H24I2O2. The first-order chi connectivity index (χ1) is 10.6. The molecule has 0 radical (unpaired) electrons. The molecule has 0 bridgehead atoms. The Hall–Kier alpha value is 0.0200. The predicted molar refractivity (Wildman–Crippen MR) is 109 cm³/mol. The van der Waals surface area contributed by atoms with Crippen LogP contribution in [-0.4, -0.2) is 16.0 Å². The van der Waals surface area contributed by atoms with Gasteiger partial charge in [-0.15, -0.1) is 0 Å². The molecule has 1 unspecified atom stereocenters. The Kier molecular flexibility index (Phi) is 10.5. The first-order valence-corrected chi connectivity index (χ1v) is 10.6. The summed E-state index contributed by atoms with van der Waals surface area (Å²) < 4.78 is 1.34. The molecule has 1 aromatic rings. The number of hydrogen-bond acceptors (Lipinski definition) is 2. The second-order valence-electron chi connectivity index (χ2n) is 5.55. The van der Waals surface area contributed by atoms with Gasteiger partial charge in [0.05, 0.1) is 10.3 Å². The van der Waals surface area contributed by atoms with E-state index in [1.54, 1.807) is 0 Å². The second kappa shape index (κ2) is 11.5. The molecule has 0 N–H and O–H groups in total. The highest BCUT2D eigenvalue weighted by atomic mass is 127. The van der Waals surface area contributed by atoms with Crippen molar-refractivity contribution in [3.63, 3.8) is 0 Å². The fourth-order valence-electron chi connectivity index (χ4n) is 2.51. The third-order valence-electron chi connectivity index (χ3n) is 3.82. The Labute approximate surface area is 161 Å². The highest BCUT2D eigenvalue weighted by Gasteiger charge is 2.27. The fourth-order valence-corrected chi connectivity index (χ4v) is 3.69. The van der Waals surface area contributed by atoms with Crippen molar-refractivity contribution in [1.82, 2.24) is 0 Å². The minimum atomic E-state index is -0.459. The molecule has 0 saturated carbocycles. The maximum atomic E-state index is 12.7. The van der Waals surface area contributed by atoms with Crippen LogP contribution < -0.4 is 0 Å². The highest BCUT2D eigenvalue weighted by Crippen LogP contribution is 2.22. The van der Waals surface area contributed by atoms with Crippen molar-refractivity contribution in [3.8, 4) is 0 Å². The molecule has 1 atom stereocenters. The van der Waals surface area contributed by atoms with E-state index in [9.17, 15) is 9.59 Å². The molecule has 122 valence electrons. The summed E-state index contributed by atoms with van der Waals surface area (Å²) in [5.74, 6) is -0.391. The number of rotatable bonds is 11. The van der Waals surface area contributed by atoms with Gasteiger partial charge in [-0.2, -0.15) is 0 Å². The molecule has 2 nitrogen and oxygen atoms in total. The molecule has 0 aliphatic heterocycles. The summed E-state index contributed by atoms with van der Waals surface area (Å²) in [7, 11) is 0. The maximum absolute atomic E-state index is 12.7. The molecule has 0 fully saturated rings. The van der Waals surface area contributed by atoms with Crippen LogP contribution in [0, 0.1) is 9.49 Å². The van der Waals surface area contributed by atoms with Gasteiger partial charge < -0.3 is 0 Å². The number of carbonyl (C=O) groups excluding carboxylic acids is 2. The van der Waals surface area contributed by atoms with Gasteiger partial charge in [0.15, 0.2) is 11.6 Å². The number of hydrogen-bond donors (Lipinski definition) is 0. The van der Waals surface area contributed by atoms with Crippen molar-refractivity contribution in [2.24, 2.45) is 5.92 Å². The van der Waals surface area contributed by atoms with Gasteiger partial charge in [0.2, 0.25) is 0 Å². The largest absolute Gasteiger partial charge is 0.298 e.